The molecule has 0 amide bonds. The molecule has 0 saturated heterocycles. The molecule has 2 aromatic heterocycles. The fraction of sp³-hybridized carbons (Fsp3) is 0.500. The minimum atomic E-state index is -0.202. The van der Waals surface area contributed by atoms with E-state index < -0.39 is 0 Å². The van der Waals surface area contributed by atoms with Crippen molar-refractivity contribution in [3.63, 3.8) is 0 Å². The van der Waals surface area contributed by atoms with Crippen LogP contribution in [0.1, 0.15) is 37.9 Å². The van der Waals surface area contributed by atoms with Gasteiger partial charge in [-0.1, -0.05) is 0 Å². The first-order valence-electron chi connectivity index (χ1n) is 6.74. The number of hydrogen-bond acceptors (Lipinski definition) is 4. The molecule has 0 bridgehead atoms. The lowest BCUT2D eigenvalue weighted by Crippen LogP contribution is -2.09. The van der Waals surface area contributed by atoms with Crippen molar-refractivity contribution in [3.05, 3.63) is 24.2 Å². The maximum atomic E-state index is 11.4. The van der Waals surface area contributed by atoms with Gasteiger partial charge in [-0.2, -0.15) is 0 Å². The van der Waals surface area contributed by atoms with Crippen LogP contribution in [0.15, 0.2) is 18.3 Å². The van der Waals surface area contributed by atoms with Gasteiger partial charge in [-0.05, 0) is 32.4 Å². The molecule has 2 aromatic rings. The molecule has 20 heavy (non-hydrogen) atoms. The molecular weight excluding hydrogens is 278 g/mol. The van der Waals surface area contributed by atoms with E-state index in [0.717, 1.165) is 17.0 Å². The van der Waals surface area contributed by atoms with Crippen molar-refractivity contribution in [3.8, 4) is 0 Å². The van der Waals surface area contributed by atoms with Crippen molar-refractivity contribution in [1.82, 2.24) is 14.5 Å². The Morgan fingerprint density at radius 2 is 2.35 bits per heavy atom. The Kier molecular flexibility index (Phi) is 4.95. The van der Waals surface area contributed by atoms with Crippen LogP contribution in [-0.4, -0.2) is 27.1 Å². The SMILES string of the molecule is CCOC(=O)CCCn1c(C(C)Cl)nc2cccnc21. The van der Waals surface area contributed by atoms with Crippen LogP contribution in [0.4, 0.5) is 0 Å². The minimum Gasteiger partial charge on any atom is -0.466 e. The number of aryl methyl sites for hydroxylation is 1. The highest BCUT2D eigenvalue weighted by Gasteiger charge is 2.15. The van der Waals surface area contributed by atoms with Crippen molar-refractivity contribution in [2.75, 3.05) is 6.61 Å². The zero-order valence-electron chi connectivity index (χ0n) is 11.7. The van der Waals surface area contributed by atoms with Gasteiger partial charge in [0.15, 0.2) is 5.65 Å². The van der Waals surface area contributed by atoms with Crippen molar-refractivity contribution >= 4 is 28.7 Å². The van der Waals surface area contributed by atoms with Gasteiger partial charge in [0.05, 0.1) is 12.0 Å². The second-order valence-corrected chi connectivity index (χ2v) is 5.15. The molecule has 0 aromatic carbocycles. The van der Waals surface area contributed by atoms with Crippen LogP contribution in [0, 0.1) is 0 Å². The molecule has 0 fully saturated rings. The summed E-state index contributed by atoms with van der Waals surface area (Å²) in [6.07, 6.45) is 2.79. The summed E-state index contributed by atoms with van der Waals surface area (Å²) in [4.78, 5) is 20.2. The summed E-state index contributed by atoms with van der Waals surface area (Å²) in [5, 5.41) is -0.202. The van der Waals surface area contributed by atoms with E-state index in [1.807, 2.05) is 23.6 Å². The maximum Gasteiger partial charge on any atom is 0.305 e. The molecule has 2 heterocycles. The fourth-order valence-corrected chi connectivity index (χ4v) is 2.28. The van der Waals surface area contributed by atoms with Crippen LogP contribution < -0.4 is 0 Å². The number of aromatic nitrogens is 3. The van der Waals surface area contributed by atoms with Crippen molar-refractivity contribution < 1.29 is 9.53 Å². The van der Waals surface area contributed by atoms with Gasteiger partial charge in [-0.15, -0.1) is 11.6 Å². The monoisotopic (exact) mass is 295 g/mol. The molecular formula is C14H18ClN3O2. The normalized spacial score (nSPS) is 12.6. The van der Waals surface area contributed by atoms with E-state index in [1.165, 1.54) is 0 Å². The number of halogens is 1. The standard InChI is InChI=1S/C14H18ClN3O2/c1-3-20-12(19)7-5-9-18-13(10(2)15)17-11-6-4-8-16-14(11)18/h4,6,8,10H,3,5,7,9H2,1-2H3. The molecule has 0 saturated carbocycles. The zero-order chi connectivity index (χ0) is 14.5. The van der Waals surface area contributed by atoms with Gasteiger partial charge >= 0.3 is 5.97 Å². The van der Waals surface area contributed by atoms with Gasteiger partial charge in [0.2, 0.25) is 0 Å². The van der Waals surface area contributed by atoms with Crippen molar-refractivity contribution in [1.29, 1.82) is 0 Å². The predicted molar refractivity (Wildman–Crippen MR) is 77.7 cm³/mol. The first kappa shape index (κ1) is 14.8. The van der Waals surface area contributed by atoms with Crippen LogP contribution >= 0.6 is 11.6 Å². The summed E-state index contributed by atoms with van der Waals surface area (Å²) in [6.45, 7) is 4.75. The van der Waals surface area contributed by atoms with Crippen LogP contribution in [0.2, 0.25) is 0 Å². The number of carbonyl (C=O) groups excluding carboxylic acids is 1. The van der Waals surface area contributed by atoms with Gasteiger partial charge in [0.1, 0.15) is 11.3 Å². The van der Waals surface area contributed by atoms with E-state index in [2.05, 4.69) is 9.97 Å². The third kappa shape index (κ3) is 3.28. The summed E-state index contributed by atoms with van der Waals surface area (Å²) >= 11 is 6.17. The van der Waals surface area contributed by atoms with Crippen LogP contribution in [0.5, 0.6) is 0 Å². The number of ether oxygens (including phenoxy) is 1. The number of hydrogen-bond donors (Lipinski definition) is 0. The summed E-state index contributed by atoms with van der Waals surface area (Å²) < 4.78 is 6.90. The number of imidazole rings is 1. The van der Waals surface area contributed by atoms with Crippen LogP contribution in [-0.2, 0) is 16.1 Å². The van der Waals surface area contributed by atoms with Gasteiger partial charge in [-0.25, -0.2) is 9.97 Å². The fourth-order valence-electron chi connectivity index (χ4n) is 2.11. The molecule has 6 heteroatoms. The summed E-state index contributed by atoms with van der Waals surface area (Å²) in [5.74, 6) is 0.606. The van der Waals surface area contributed by atoms with Crippen LogP contribution in [0.25, 0.3) is 11.2 Å². The molecule has 0 radical (unpaired) electrons. The van der Waals surface area contributed by atoms with E-state index in [1.54, 1.807) is 13.1 Å². The van der Waals surface area contributed by atoms with Gasteiger partial charge in [0, 0.05) is 19.2 Å². The molecule has 0 aliphatic heterocycles. The number of carbonyl (C=O) groups is 1. The Labute approximate surface area is 122 Å². The van der Waals surface area contributed by atoms with E-state index in [-0.39, 0.29) is 11.3 Å². The maximum absolute atomic E-state index is 11.4. The molecule has 108 valence electrons. The molecule has 0 N–H and O–H groups in total. The topological polar surface area (TPSA) is 57.0 Å². The van der Waals surface area contributed by atoms with Crippen molar-refractivity contribution in [2.24, 2.45) is 0 Å². The Balaban J connectivity index is 2.15. The first-order chi connectivity index (χ1) is 9.63. The molecule has 0 spiro atoms. The largest absolute Gasteiger partial charge is 0.466 e. The lowest BCUT2D eigenvalue weighted by molar-refractivity contribution is -0.143. The molecule has 1 atom stereocenters. The predicted octanol–water partition coefficient (Wildman–Crippen LogP) is 3.07. The smallest absolute Gasteiger partial charge is 0.305 e. The zero-order valence-corrected chi connectivity index (χ0v) is 12.4. The molecule has 2 rings (SSSR count). The average molecular weight is 296 g/mol. The Morgan fingerprint density at radius 1 is 1.55 bits per heavy atom. The lowest BCUT2D eigenvalue weighted by Gasteiger charge is -2.09. The molecule has 0 aliphatic rings. The quantitative estimate of drug-likeness (QED) is 0.607. The summed E-state index contributed by atoms with van der Waals surface area (Å²) in [7, 11) is 0. The number of fused-ring (bicyclic) bond motifs is 1. The first-order valence-corrected chi connectivity index (χ1v) is 7.18. The van der Waals surface area contributed by atoms with E-state index in [4.69, 9.17) is 16.3 Å². The number of nitrogens with zero attached hydrogens (tertiary/aromatic N) is 3. The Hall–Kier alpha value is -1.62. The average Bonchev–Trinajstić information content (AvgIpc) is 2.78. The molecule has 0 aliphatic carbocycles. The lowest BCUT2D eigenvalue weighted by atomic mass is 10.3. The van der Waals surface area contributed by atoms with Crippen LogP contribution in [0.3, 0.4) is 0 Å². The molecule has 5 nitrogen and oxygen atoms in total. The summed E-state index contributed by atoms with van der Waals surface area (Å²) in [6, 6.07) is 3.76. The number of alkyl halides is 1. The van der Waals surface area contributed by atoms with Gasteiger partial charge < -0.3 is 9.30 Å². The highest BCUT2D eigenvalue weighted by Crippen LogP contribution is 2.23. The second-order valence-electron chi connectivity index (χ2n) is 4.49. The van der Waals surface area contributed by atoms with E-state index in [9.17, 15) is 4.79 Å². The third-order valence-electron chi connectivity index (χ3n) is 2.96. The molecule has 1 unspecified atom stereocenters. The minimum absolute atomic E-state index is 0.176. The Morgan fingerprint density at radius 3 is 3.05 bits per heavy atom. The van der Waals surface area contributed by atoms with E-state index in [0.29, 0.717) is 26.0 Å². The highest BCUT2D eigenvalue weighted by molar-refractivity contribution is 6.20. The highest BCUT2D eigenvalue weighted by atomic mass is 35.5. The number of pyridine rings is 1. The van der Waals surface area contributed by atoms with E-state index >= 15 is 0 Å². The number of esters is 1. The van der Waals surface area contributed by atoms with Crippen molar-refractivity contribution in [2.45, 2.75) is 38.6 Å². The number of rotatable bonds is 6. The summed E-state index contributed by atoms with van der Waals surface area (Å²) in [5.41, 5.74) is 1.63. The van der Waals surface area contributed by atoms with Gasteiger partial charge in [-0.3, -0.25) is 4.79 Å². The second kappa shape index (κ2) is 6.70. The van der Waals surface area contributed by atoms with Gasteiger partial charge in [0.25, 0.3) is 0 Å². The Bertz CT molecular complexity index is 595. The third-order valence-corrected chi connectivity index (χ3v) is 3.15.